The van der Waals surface area contributed by atoms with Crippen molar-refractivity contribution in [2.75, 3.05) is 4.90 Å². The van der Waals surface area contributed by atoms with E-state index < -0.39 is 0 Å². The Hall–Kier alpha value is -8.20. The lowest BCUT2D eigenvalue weighted by Gasteiger charge is -2.35. The van der Waals surface area contributed by atoms with E-state index in [2.05, 4.69) is 253 Å². The number of para-hydroxylation sites is 3. The third-order valence-electron chi connectivity index (χ3n) is 15.5. The summed E-state index contributed by atoms with van der Waals surface area (Å²) >= 11 is 0. The molecule has 2 aliphatic carbocycles. The number of rotatable bonds is 9. The second kappa shape index (κ2) is 18.3. The Kier molecular flexibility index (Phi) is 11.0. The van der Waals surface area contributed by atoms with E-state index in [9.17, 15) is 0 Å². The van der Waals surface area contributed by atoms with Gasteiger partial charge in [-0.25, -0.2) is 0 Å². The minimum atomic E-state index is 0.335. The van der Waals surface area contributed by atoms with Crippen molar-refractivity contribution >= 4 is 60.3 Å². The zero-order valence-corrected chi connectivity index (χ0v) is 40.3. The fraction of sp³-hybridized carbons (Fsp3) is 0.130. The van der Waals surface area contributed by atoms with Crippen molar-refractivity contribution in [3.63, 3.8) is 0 Å². The van der Waals surface area contributed by atoms with E-state index in [1.54, 1.807) is 0 Å². The van der Waals surface area contributed by atoms with Gasteiger partial charge in [-0.3, -0.25) is 0 Å². The van der Waals surface area contributed by atoms with Crippen LogP contribution in [0.5, 0.6) is 0 Å². The molecule has 10 aromatic carbocycles. The van der Waals surface area contributed by atoms with Crippen molar-refractivity contribution in [2.45, 2.75) is 51.4 Å². The summed E-state index contributed by atoms with van der Waals surface area (Å²) in [5.41, 5.74) is 18.4. The van der Waals surface area contributed by atoms with Gasteiger partial charge in [0.2, 0.25) is 0 Å². The second-order valence-electron chi connectivity index (χ2n) is 19.9. The molecule has 2 aliphatic rings. The lowest BCUT2D eigenvalue weighted by Crippen LogP contribution is -2.21. The molecule has 1 saturated carbocycles. The lowest BCUT2D eigenvalue weighted by atomic mass is 9.79. The summed E-state index contributed by atoms with van der Waals surface area (Å²) in [5.74, 6) is 0.905. The van der Waals surface area contributed by atoms with Gasteiger partial charge in [-0.15, -0.1) is 0 Å². The average molecular weight is 913 g/mol. The minimum absolute atomic E-state index is 0.335. The Morgan fingerprint density at radius 1 is 0.465 bits per heavy atom. The van der Waals surface area contributed by atoms with Crippen LogP contribution in [0.15, 0.2) is 242 Å². The van der Waals surface area contributed by atoms with Crippen molar-refractivity contribution in [2.24, 2.45) is 5.92 Å². The molecule has 1 fully saturated rings. The molecule has 0 spiro atoms. The first-order valence-electron chi connectivity index (χ1n) is 25.8. The Balaban J connectivity index is 1.05. The fourth-order valence-corrected chi connectivity index (χ4v) is 12.1. The van der Waals surface area contributed by atoms with Crippen LogP contribution in [0.2, 0.25) is 0 Å². The van der Waals surface area contributed by atoms with Crippen LogP contribution in [0.4, 0.5) is 11.4 Å². The summed E-state index contributed by atoms with van der Waals surface area (Å²) in [6, 6.07) is 83.6. The van der Waals surface area contributed by atoms with Crippen molar-refractivity contribution in [3.8, 4) is 39.1 Å². The van der Waals surface area contributed by atoms with Gasteiger partial charge in [0, 0.05) is 44.5 Å². The minimum Gasteiger partial charge on any atom is -0.310 e. The number of allylic oxidation sites excluding steroid dienone is 3. The van der Waals surface area contributed by atoms with Gasteiger partial charge in [0.15, 0.2) is 0 Å². The molecular weight excluding hydrogens is 857 g/mol. The fourth-order valence-electron chi connectivity index (χ4n) is 12.1. The van der Waals surface area contributed by atoms with Crippen molar-refractivity contribution in [1.29, 1.82) is 0 Å². The van der Waals surface area contributed by atoms with Crippen LogP contribution in [0.25, 0.3) is 88.0 Å². The largest absolute Gasteiger partial charge is 0.310 e. The van der Waals surface area contributed by atoms with Crippen LogP contribution in [0.1, 0.15) is 62.5 Å². The first kappa shape index (κ1) is 42.9. The maximum Gasteiger partial charge on any atom is 0.0619 e. The summed E-state index contributed by atoms with van der Waals surface area (Å²) < 4.78 is 2.45. The number of anilines is 2. The molecule has 0 saturated heterocycles. The first-order valence-corrected chi connectivity index (χ1v) is 25.8. The quantitative estimate of drug-likeness (QED) is 0.140. The van der Waals surface area contributed by atoms with Gasteiger partial charge >= 0.3 is 0 Å². The van der Waals surface area contributed by atoms with Crippen LogP contribution >= 0.6 is 0 Å². The van der Waals surface area contributed by atoms with Crippen molar-refractivity contribution < 1.29 is 0 Å². The van der Waals surface area contributed by atoms with Gasteiger partial charge < -0.3 is 9.47 Å². The van der Waals surface area contributed by atoms with Gasteiger partial charge in [-0.05, 0) is 122 Å². The van der Waals surface area contributed by atoms with Crippen LogP contribution in [0.3, 0.4) is 0 Å². The molecule has 71 heavy (non-hydrogen) atoms. The number of hydrogen-bond acceptors (Lipinski definition) is 1. The molecule has 1 atom stereocenters. The summed E-state index contributed by atoms with van der Waals surface area (Å²) in [4.78, 5) is 2.60. The van der Waals surface area contributed by atoms with Gasteiger partial charge in [-0.2, -0.15) is 0 Å². The van der Waals surface area contributed by atoms with Gasteiger partial charge in [0.1, 0.15) is 0 Å². The van der Waals surface area contributed by atoms with E-state index in [0.29, 0.717) is 11.8 Å². The maximum atomic E-state index is 2.60. The molecule has 0 bridgehead atoms. The molecule has 1 aromatic heterocycles. The van der Waals surface area contributed by atoms with E-state index in [0.717, 1.165) is 23.5 Å². The topological polar surface area (TPSA) is 8.17 Å². The molecule has 0 aliphatic heterocycles. The molecule has 13 rings (SSSR count). The normalized spacial score (nSPS) is 15.3. The molecule has 0 amide bonds. The predicted molar refractivity (Wildman–Crippen MR) is 303 cm³/mol. The molecular formula is C69H56N2. The van der Waals surface area contributed by atoms with E-state index in [4.69, 9.17) is 0 Å². The van der Waals surface area contributed by atoms with Crippen LogP contribution in [-0.2, 0) is 0 Å². The Morgan fingerprint density at radius 2 is 1.08 bits per heavy atom. The number of aromatic nitrogens is 1. The molecule has 0 N–H and O–H groups in total. The highest BCUT2D eigenvalue weighted by Crippen LogP contribution is 2.49. The van der Waals surface area contributed by atoms with E-state index >= 15 is 0 Å². The summed E-state index contributed by atoms with van der Waals surface area (Å²) in [6.45, 7) is 2.38. The third kappa shape index (κ3) is 7.67. The summed E-state index contributed by atoms with van der Waals surface area (Å²) in [6.07, 6.45) is 12.5. The molecule has 1 unspecified atom stereocenters. The van der Waals surface area contributed by atoms with Crippen LogP contribution < -0.4 is 4.90 Å². The Labute approximate surface area is 417 Å². The highest BCUT2D eigenvalue weighted by atomic mass is 15.2. The van der Waals surface area contributed by atoms with Crippen LogP contribution in [0, 0.1) is 5.92 Å². The number of nitrogens with zero attached hydrogens (tertiary/aromatic N) is 2. The molecule has 2 heteroatoms. The van der Waals surface area contributed by atoms with E-state index in [-0.39, 0.29) is 0 Å². The Morgan fingerprint density at radius 3 is 1.90 bits per heavy atom. The maximum absolute atomic E-state index is 2.60. The third-order valence-corrected chi connectivity index (χ3v) is 15.5. The number of benzene rings is 10. The zero-order chi connectivity index (χ0) is 47.3. The standard InChI is InChI=1S/C69H56N2/c1-47-37-43-62(63-34-17-26-52-25-16-32-59(68(52)63)50-21-7-3-8-22-50)66(45-47)70(67-46-53(40-44-58(67)49-19-5-2-6-20-49)57-31-15-24-48-23-11-12-29-56(48)57)55-41-38-51(39-42-55)60-33-18-35-64-61-30-13-14-36-65(61)71(69(60)64)54-27-9-4-10-28-54/h2,4-6,9-20,23-36,38-47,50H,3,7-8,21-22,37H2,1H3. The van der Waals surface area contributed by atoms with Gasteiger partial charge in [0.05, 0.1) is 16.7 Å². The molecule has 0 radical (unpaired) electrons. The van der Waals surface area contributed by atoms with Crippen molar-refractivity contribution in [3.05, 3.63) is 253 Å². The van der Waals surface area contributed by atoms with E-state index in [1.165, 1.54) is 131 Å². The average Bonchev–Trinajstić information content (AvgIpc) is 3.78. The van der Waals surface area contributed by atoms with E-state index in [1.807, 2.05) is 0 Å². The molecule has 11 aromatic rings. The monoisotopic (exact) mass is 912 g/mol. The summed E-state index contributed by atoms with van der Waals surface area (Å²) in [7, 11) is 0. The highest BCUT2D eigenvalue weighted by Gasteiger charge is 2.29. The zero-order valence-electron chi connectivity index (χ0n) is 40.3. The first-order chi connectivity index (χ1) is 35.2. The van der Waals surface area contributed by atoms with Crippen molar-refractivity contribution in [1.82, 2.24) is 4.57 Å². The molecule has 342 valence electrons. The smallest absolute Gasteiger partial charge is 0.0619 e. The predicted octanol–water partition coefficient (Wildman–Crippen LogP) is 19.3. The van der Waals surface area contributed by atoms with Gasteiger partial charge in [0.25, 0.3) is 0 Å². The number of hydrogen-bond donors (Lipinski definition) is 0. The Bertz CT molecular complexity index is 3820. The molecule has 2 nitrogen and oxygen atoms in total. The second-order valence-corrected chi connectivity index (χ2v) is 19.9. The SMILES string of the molecule is CC1C=C(N(c2ccc(-c3cccc4c5ccccc5n(-c5ccccc5)c34)cc2)c2cc(-c3cccc4ccccc34)ccc2-c2ccccc2)C(c2cccc3cccc(C4CCCCC4)c23)=CC1. The highest BCUT2D eigenvalue weighted by molar-refractivity contribution is 6.14. The molecule has 1 heterocycles. The lowest BCUT2D eigenvalue weighted by molar-refractivity contribution is 0.445. The van der Waals surface area contributed by atoms with Crippen LogP contribution in [-0.4, -0.2) is 4.57 Å². The number of fused-ring (bicyclic) bond motifs is 5. The summed E-state index contributed by atoms with van der Waals surface area (Å²) in [5, 5.41) is 7.75. The van der Waals surface area contributed by atoms with Gasteiger partial charge in [-0.1, -0.05) is 226 Å².